The summed E-state index contributed by atoms with van der Waals surface area (Å²) in [5.74, 6) is 0. The Morgan fingerprint density at radius 1 is 0.792 bits per heavy atom. The Balaban J connectivity index is 2.18. The standard InChI is InChI=1S/C21H15N3/c22-19-12-6-4-5-7-13(12)20(23)16-11-10-15(19)18-14-8-2-1-3-9-17(14)24-21(16)18/h1-7,9-11,22-24H,8H2. The van der Waals surface area contributed by atoms with E-state index in [1.807, 2.05) is 42.5 Å². The van der Waals surface area contributed by atoms with Crippen LogP contribution in [-0.4, -0.2) is 4.98 Å². The van der Waals surface area contributed by atoms with E-state index >= 15 is 0 Å². The van der Waals surface area contributed by atoms with E-state index in [-0.39, 0.29) is 0 Å². The largest absolute Gasteiger partial charge is 0.354 e. The summed E-state index contributed by atoms with van der Waals surface area (Å²) in [5, 5.41) is 23.0. The van der Waals surface area contributed by atoms with Gasteiger partial charge in [-0.15, -0.1) is 0 Å². The lowest BCUT2D eigenvalue weighted by atomic mass is 9.98. The fourth-order valence-corrected chi connectivity index (χ4v) is 3.79. The van der Waals surface area contributed by atoms with Crippen molar-refractivity contribution in [3.05, 3.63) is 76.6 Å². The number of aromatic nitrogens is 1. The van der Waals surface area contributed by atoms with Crippen LogP contribution in [0.3, 0.4) is 0 Å². The molecule has 5 aromatic rings. The van der Waals surface area contributed by atoms with Crippen molar-refractivity contribution in [2.75, 3.05) is 0 Å². The molecule has 0 saturated carbocycles. The minimum Gasteiger partial charge on any atom is -0.354 e. The summed E-state index contributed by atoms with van der Waals surface area (Å²) in [5.41, 5.74) is 3.26. The third kappa shape index (κ3) is 1.61. The molecule has 0 saturated heterocycles. The van der Waals surface area contributed by atoms with Crippen molar-refractivity contribution in [2.45, 2.75) is 6.42 Å². The summed E-state index contributed by atoms with van der Waals surface area (Å²) < 4.78 is 0. The van der Waals surface area contributed by atoms with Crippen molar-refractivity contribution in [1.82, 2.24) is 4.98 Å². The molecule has 0 amide bonds. The van der Waals surface area contributed by atoms with E-state index < -0.39 is 0 Å². The molecule has 2 bridgehead atoms. The molecule has 1 aliphatic rings. The van der Waals surface area contributed by atoms with E-state index in [0.717, 1.165) is 44.6 Å². The minimum atomic E-state index is 0.475. The van der Waals surface area contributed by atoms with Crippen molar-refractivity contribution in [2.24, 2.45) is 0 Å². The van der Waals surface area contributed by atoms with Gasteiger partial charge in [0, 0.05) is 32.6 Å². The second-order valence-electron chi connectivity index (χ2n) is 6.21. The van der Waals surface area contributed by atoms with E-state index in [2.05, 4.69) is 23.2 Å². The van der Waals surface area contributed by atoms with Crippen LogP contribution in [0.25, 0.3) is 38.5 Å². The first-order valence-corrected chi connectivity index (χ1v) is 8.04. The van der Waals surface area contributed by atoms with Gasteiger partial charge >= 0.3 is 0 Å². The number of hydrogen-bond donors (Lipinski definition) is 3. The molecule has 3 heteroatoms. The van der Waals surface area contributed by atoms with Crippen LogP contribution in [-0.2, 0) is 6.42 Å². The van der Waals surface area contributed by atoms with Gasteiger partial charge in [-0.25, -0.2) is 0 Å². The minimum absolute atomic E-state index is 0.475. The quantitative estimate of drug-likeness (QED) is 0.440. The van der Waals surface area contributed by atoms with Crippen LogP contribution < -0.4 is 10.7 Å². The van der Waals surface area contributed by atoms with Crippen LogP contribution in [0, 0.1) is 10.8 Å². The average molecular weight is 309 g/mol. The van der Waals surface area contributed by atoms with E-state index in [0.29, 0.717) is 10.7 Å². The smallest absolute Gasteiger partial charge is 0.0712 e. The molecule has 0 fully saturated rings. The number of aromatic amines is 1. The van der Waals surface area contributed by atoms with Gasteiger partial charge in [0.05, 0.1) is 16.2 Å². The molecule has 6 rings (SSSR count). The molecule has 0 unspecified atom stereocenters. The number of nitrogens with one attached hydrogen (secondary N) is 3. The summed E-state index contributed by atoms with van der Waals surface area (Å²) in [6, 6.07) is 11.7. The SMILES string of the molecule is N=c1c2ccccc2c(=N)c2ccc1c1[nH]c3c(c21)CC=CC=C3. The maximum Gasteiger partial charge on any atom is 0.0712 e. The van der Waals surface area contributed by atoms with Gasteiger partial charge in [0.2, 0.25) is 0 Å². The van der Waals surface area contributed by atoms with Crippen LogP contribution in [0.1, 0.15) is 11.3 Å². The second-order valence-corrected chi connectivity index (χ2v) is 6.21. The zero-order valence-corrected chi connectivity index (χ0v) is 13.0. The molecule has 0 aliphatic heterocycles. The average Bonchev–Trinajstić information content (AvgIpc) is 2.81. The predicted octanol–water partition coefficient (Wildman–Crippen LogP) is 4.00. The van der Waals surface area contributed by atoms with Gasteiger partial charge in [-0.2, -0.15) is 0 Å². The molecule has 1 heterocycles. The molecular weight excluding hydrogens is 294 g/mol. The van der Waals surface area contributed by atoms with Gasteiger partial charge in [0.25, 0.3) is 0 Å². The second kappa shape index (κ2) is 4.65. The molecule has 0 radical (unpaired) electrons. The van der Waals surface area contributed by atoms with Crippen LogP contribution in [0.2, 0.25) is 0 Å². The topological polar surface area (TPSA) is 63.5 Å². The van der Waals surface area contributed by atoms with Crippen molar-refractivity contribution in [3.63, 3.8) is 0 Å². The third-order valence-corrected chi connectivity index (χ3v) is 4.93. The Bertz CT molecular complexity index is 1310. The summed E-state index contributed by atoms with van der Waals surface area (Å²) in [7, 11) is 0. The number of fused-ring (bicyclic) bond motifs is 2. The normalized spacial score (nSPS) is 13.7. The van der Waals surface area contributed by atoms with Crippen LogP contribution in [0.5, 0.6) is 0 Å². The molecule has 1 aromatic heterocycles. The highest BCUT2D eigenvalue weighted by atomic mass is 14.7. The van der Waals surface area contributed by atoms with E-state index in [9.17, 15) is 0 Å². The highest BCUT2D eigenvalue weighted by Crippen LogP contribution is 2.31. The number of benzene rings is 2. The zero-order chi connectivity index (χ0) is 16.3. The molecule has 3 nitrogen and oxygen atoms in total. The molecule has 0 spiro atoms. The molecule has 3 N–H and O–H groups in total. The van der Waals surface area contributed by atoms with Gasteiger partial charge in [-0.1, -0.05) is 54.6 Å². The fraction of sp³-hybridized carbons (Fsp3) is 0.0476. The van der Waals surface area contributed by atoms with Gasteiger partial charge < -0.3 is 4.98 Å². The van der Waals surface area contributed by atoms with Gasteiger partial charge in [-0.3, -0.25) is 10.8 Å². The van der Waals surface area contributed by atoms with Crippen molar-refractivity contribution < 1.29 is 0 Å². The van der Waals surface area contributed by atoms with Gasteiger partial charge in [0.1, 0.15) is 0 Å². The van der Waals surface area contributed by atoms with Gasteiger partial charge in [0.15, 0.2) is 0 Å². The third-order valence-electron chi connectivity index (χ3n) is 4.93. The van der Waals surface area contributed by atoms with E-state index in [4.69, 9.17) is 10.8 Å². The highest BCUT2D eigenvalue weighted by molar-refractivity contribution is 6.11. The van der Waals surface area contributed by atoms with Crippen molar-refractivity contribution in [1.29, 1.82) is 10.8 Å². The summed E-state index contributed by atoms with van der Waals surface area (Å²) in [6.07, 6.45) is 9.13. The predicted molar refractivity (Wildman–Crippen MR) is 98.1 cm³/mol. The summed E-state index contributed by atoms with van der Waals surface area (Å²) in [4.78, 5) is 3.50. The molecular formula is C21H15N3. The first kappa shape index (κ1) is 13.3. The number of hydrogen-bond acceptors (Lipinski definition) is 2. The van der Waals surface area contributed by atoms with E-state index in [1.54, 1.807) is 0 Å². The van der Waals surface area contributed by atoms with Crippen molar-refractivity contribution in [3.8, 4) is 0 Å². The van der Waals surface area contributed by atoms with E-state index in [1.165, 1.54) is 5.56 Å². The molecule has 4 aromatic carbocycles. The lowest BCUT2D eigenvalue weighted by Gasteiger charge is -2.05. The maximum absolute atomic E-state index is 8.78. The Labute approximate surface area is 137 Å². The Morgan fingerprint density at radius 3 is 2.29 bits per heavy atom. The Morgan fingerprint density at radius 2 is 1.50 bits per heavy atom. The van der Waals surface area contributed by atoms with Crippen LogP contribution in [0.4, 0.5) is 0 Å². The maximum atomic E-state index is 8.78. The number of allylic oxidation sites excluding steroid dienone is 3. The molecule has 1 aliphatic carbocycles. The lowest BCUT2D eigenvalue weighted by Crippen LogP contribution is -2.09. The van der Waals surface area contributed by atoms with Crippen LogP contribution in [0.15, 0.2) is 54.6 Å². The number of H-pyrrole nitrogens is 1. The Hall–Kier alpha value is -3.20. The highest BCUT2D eigenvalue weighted by Gasteiger charge is 2.16. The van der Waals surface area contributed by atoms with Crippen molar-refractivity contribution >= 4 is 38.5 Å². The molecule has 24 heavy (non-hydrogen) atoms. The Kier molecular flexibility index (Phi) is 2.57. The van der Waals surface area contributed by atoms with Crippen LogP contribution >= 0.6 is 0 Å². The zero-order valence-electron chi connectivity index (χ0n) is 13.0. The molecule has 114 valence electrons. The molecule has 0 atom stereocenters. The monoisotopic (exact) mass is 309 g/mol. The summed E-state index contributed by atoms with van der Waals surface area (Å²) in [6.45, 7) is 0. The number of rotatable bonds is 0. The summed E-state index contributed by atoms with van der Waals surface area (Å²) >= 11 is 0. The van der Waals surface area contributed by atoms with Gasteiger partial charge in [-0.05, 0) is 18.1 Å². The lowest BCUT2D eigenvalue weighted by molar-refractivity contribution is 1.27. The first-order chi connectivity index (χ1) is 11.8. The fourth-order valence-electron chi connectivity index (χ4n) is 3.79. The first-order valence-electron chi connectivity index (χ1n) is 8.04.